The normalized spacial score (nSPS) is 18.5. The third-order valence-corrected chi connectivity index (χ3v) is 2.96. The van der Waals surface area contributed by atoms with Crippen LogP contribution in [0.4, 0.5) is 0 Å². The van der Waals surface area contributed by atoms with Gasteiger partial charge in [-0.15, -0.1) is 6.58 Å². The van der Waals surface area contributed by atoms with E-state index in [4.69, 9.17) is 9.83 Å². The van der Waals surface area contributed by atoms with E-state index in [9.17, 15) is 4.79 Å². The molecule has 0 bridgehead atoms. The molecule has 0 spiro atoms. The largest absolute Gasteiger partial charge is 0.465 e. The van der Waals surface area contributed by atoms with Gasteiger partial charge in [0.05, 0.1) is 11.2 Å². The van der Waals surface area contributed by atoms with E-state index in [0.29, 0.717) is 17.2 Å². The summed E-state index contributed by atoms with van der Waals surface area (Å²) in [5.41, 5.74) is 0. The fraction of sp³-hybridized carbons (Fsp3) is 0.0909. The minimum Gasteiger partial charge on any atom is -0.465 e. The Morgan fingerprint density at radius 1 is 1.62 bits per heavy atom. The fourth-order valence-electron chi connectivity index (χ4n) is 1.32. The van der Waals surface area contributed by atoms with Gasteiger partial charge in [-0.2, -0.15) is 0 Å². The van der Waals surface area contributed by atoms with Crippen molar-refractivity contribution in [3.63, 3.8) is 0 Å². The number of amidine groups is 1. The van der Waals surface area contributed by atoms with E-state index in [-0.39, 0.29) is 11.1 Å². The van der Waals surface area contributed by atoms with E-state index in [2.05, 4.69) is 6.58 Å². The van der Waals surface area contributed by atoms with Crippen molar-refractivity contribution >= 4 is 28.9 Å². The third-order valence-electron chi connectivity index (χ3n) is 2.04. The van der Waals surface area contributed by atoms with Crippen LogP contribution in [0, 0.1) is 5.41 Å². The van der Waals surface area contributed by atoms with Crippen LogP contribution in [0.15, 0.2) is 40.4 Å². The van der Waals surface area contributed by atoms with E-state index >= 15 is 0 Å². The van der Waals surface area contributed by atoms with Crippen LogP contribution in [0.25, 0.3) is 6.08 Å². The molecule has 1 saturated heterocycles. The highest BCUT2D eigenvalue weighted by molar-refractivity contribution is 8.18. The van der Waals surface area contributed by atoms with Crippen LogP contribution >= 0.6 is 11.8 Å². The zero-order valence-electron chi connectivity index (χ0n) is 8.47. The first-order chi connectivity index (χ1) is 7.72. The van der Waals surface area contributed by atoms with Gasteiger partial charge in [0, 0.05) is 12.6 Å². The SMILES string of the molecule is C=CCN1C(=N)SC(=Cc2ccco2)C1=O. The van der Waals surface area contributed by atoms with Crippen LogP contribution in [0.5, 0.6) is 0 Å². The molecule has 1 amide bonds. The van der Waals surface area contributed by atoms with Gasteiger partial charge in [0.2, 0.25) is 0 Å². The van der Waals surface area contributed by atoms with Gasteiger partial charge in [-0.1, -0.05) is 6.08 Å². The maximum Gasteiger partial charge on any atom is 0.267 e. The molecule has 16 heavy (non-hydrogen) atoms. The molecule has 0 atom stereocenters. The van der Waals surface area contributed by atoms with Crippen molar-refractivity contribution in [2.45, 2.75) is 0 Å². The first-order valence-electron chi connectivity index (χ1n) is 4.66. The van der Waals surface area contributed by atoms with Gasteiger partial charge in [0.15, 0.2) is 5.17 Å². The predicted molar refractivity (Wildman–Crippen MR) is 63.9 cm³/mol. The molecule has 2 rings (SSSR count). The average Bonchev–Trinajstić information content (AvgIpc) is 2.84. The molecule has 4 nitrogen and oxygen atoms in total. The Labute approximate surface area is 97.1 Å². The summed E-state index contributed by atoms with van der Waals surface area (Å²) in [5, 5.41) is 7.87. The summed E-state index contributed by atoms with van der Waals surface area (Å²) < 4.78 is 5.12. The third kappa shape index (κ3) is 1.94. The highest BCUT2D eigenvalue weighted by Gasteiger charge is 2.31. The lowest BCUT2D eigenvalue weighted by molar-refractivity contribution is -0.121. The first-order valence-corrected chi connectivity index (χ1v) is 5.48. The molecular weight excluding hydrogens is 224 g/mol. The molecule has 0 saturated carbocycles. The molecule has 0 aromatic carbocycles. The number of amides is 1. The number of nitrogens with one attached hydrogen (secondary N) is 1. The number of rotatable bonds is 3. The summed E-state index contributed by atoms with van der Waals surface area (Å²) in [6, 6.07) is 3.52. The molecule has 0 aliphatic carbocycles. The summed E-state index contributed by atoms with van der Waals surface area (Å²) in [5.74, 6) is 0.440. The number of hydrogen-bond donors (Lipinski definition) is 1. The number of thioether (sulfide) groups is 1. The molecular formula is C11H10N2O2S. The highest BCUT2D eigenvalue weighted by Crippen LogP contribution is 2.31. The van der Waals surface area contributed by atoms with Crippen molar-refractivity contribution in [1.29, 1.82) is 5.41 Å². The Bertz CT molecular complexity index is 462. The number of carbonyl (C=O) groups excluding carboxylic acids is 1. The van der Waals surface area contributed by atoms with Gasteiger partial charge in [0.1, 0.15) is 5.76 Å². The topological polar surface area (TPSA) is 57.3 Å². The summed E-state index contributed by atoms with van der Waals surface area (Å²) >= 11 is 1.13. The minimum atomic E-state index is -0.175. The van der Waals surface area contributed by atoms with Gasteiger partial charge < -0.3 is 4.42 Å². The lowest BCUT2D eigenvalue weighted by Gasteiger charge is -2.09. The van der Waals surface area contributed by atoms with Crippen LogP contribution in [0.2, 0.25) is 0 Å². The predicted octanol–water partition coefficient (Wildman–Crippen LogP) is 2.32. The van der Waals surface area contributed by atoms with E-state index in [1.165, 1.54) is 4.90 Å². The van der Waals surface area contributed by atoms with Crippen molar-refractivity contribution in [3.05, 3.63) is 41.7 Å². The molecule has 1 aliphatic rings. The molecule has 0 unspecified atom stereocenters. The Hall–Kier alpha value is -1.75. The van der Waals surface area contributed by atoms with Crippen LogP contribution in [-0.4, -0.2) is 22.5 Å². The Morgan fingerprint density at radius 2 is 2.44 bits per heavy atom. The van der Waals surface area contributed by atoms with Crippen LogP contribution < -0.4 is 0 Å². The maximum absolute atomic E-state index is 11.8. The fourth-order valence-corrected chi connectivity index (χ4v) is 2.17. The average molecular weight is 234 g/mol. The van der Waals surface area contributed by atoms with Crippen molar-refractivity contribution in [2.75, 3.05) is 6.54 Å². The van der Waals surface area contributed by atoms with Crippen molar-refractivity contribution in [2.24, 2.45) is 0 Å². The molecule has 1 aromatic heterocycles. The zero-order chi connectivity index (χ0) is 11.5. The summed E-state index contributed by atoms with van der Waals surface area (Å²) in [4.78, 5) is 13.7. The van der Waals surface area contributed by atoms with E-state index in [0.717, 1.165) is 11.8 Å². The van der Waals surface area contributed by atoms with Crippen molar-refractivity contribution in [1.82, 2.24) is 4.90 Å². The van der Waals surface area contributed by atoms with Gasteiger partial charge in [-0.25, -0.2) is 0 Å². The lowest BCUT2D eigenvalue weighted by atomic mass is 10.3. The zero-order valence-corrected chi connectivity index (χ0v) is 9.29. The summed E-state index contributed by atoms with van der Waals surface area (Å²) in [7, 11) is 0. The second-order valence-corrected chi connectivity index (χ2v) is 4.17. The van der Waals surface area contributed by atoms with Crippen LogP contribution in [0.1, 0.15) is 5.76 Å². The Kier molecular flexibility index (Phi) is 2.96. The van der Waals surface area contributed by atoms with Crippen LogP contribution in [-0.2, 0) is 4.79 Å². The maximum atomic E-state index is 11.8. The quantitative estimate of drug-likeness (QED) is 0.645. The van der Waals surface area contributed by atoms with Crippen molar-refractivity contribution < 1.29 is 9.21 Å². The first kappa shape index (κ1) is 10.8. The van der Waals surface area contributed by atoms with Gasteiger partial charge in [-0.3, -0.25) is 15.1 Å². The molecule has 2 heterocycles. The second-order valence-electron chi connectivity index (χ2n) is 3.14. The molecule has 1 aliphatic heterocycles. The molecule has 1 N–H and O–H groups in total. The summed E-state index contributed by atoms with van der Waals surface area (Å²) in [6.45, 7) is 3.92. The van der Waals surface area contributed by atoms with Crippen molar-refractivity contribution in [3.8, 4) is 0 Å². The highest BCUT2D eigenvalue weighted by atomic mass is 32.2. The lowest BCUT2D eigenvalue weighted by Crippen LogP contribution is -2.28. The number of furan rings is 1. The molecule has 0 radical (unpaired) electrons. The Morgan fingerprint density at radius 3 is 3.06 bits per heavy atom. The van der Waals surface area contributed by atoms with Gasteiger partial charge in [0.25, 0.3) is 5.91 Å². The van der Waals surface area contributed by atoms with E-state index in [1.807, 2.05) is 0 Å². The smallest absolute Gasteiger partial charge is 0.267 e. The van der Waals surface area contributed by atoms with E-state index < -0.39 is 0 Å². The van der Waals surface area contributed by atoms with Crippen LogP contribution in [0.3, 0.4) is 0 Å². The standard InChI is InChI=1S/C11H10N2O2S/c1-2-5-13-10(14)9(16-11(13)12)7-8-4-3-6-15-8/h2-4,6-7,12H,1,5H2. The number of nitrogens with zero attached hydrogens (tertiary/aromatic N) is 1. The van der Waals surface area contributed by atoms with Gasteiger partial charge in [-0.05, 0) is 23.9 Å². The Balaban J connectivity index is 2.23. The molecule has 1 fully saturated rings. The minimum absolute atomic E-state index is 0.175. The second kappa shape index (κ2) is 4.40. The number of carbonyl (C=O) groups is 1. The summed E-state index contributed by atoms with van der Waals surface area (Å²) in [6.07, 6.45) is 4.79. The monoisotopic (exact) mass is 234 g/mol. The van der Waals surface area contributed by atoms with Gasteiger partial charge >= 0.3 is 0 Å². The molecule has 5 heteroatoms. The number of hydrogen-bond acceptors (Lipinski definition) is 4. The van der Waals surface area contributed by atoms with E-state index in [1.54, 1.807) is 30.5 Å². The molecule has 1 aromatic rings. The molecule has 82 valence electrons.